The monoisotopic (exact) mass is 417 g/mol. The van der Waals surface area contributed by atoms with Crippen molar-refractivity contribution in [2.24, 2.45) is 11.8 Å². The number of carbonyl (C=O) groups excluding carboxylic acids is 2. The second-order valence-corrected chi connectivity index (χ2v) is 9.43. The number of rotatable bonds is 4. The van der Waals surface area contributed by atoms with E-state index in [0.717, 1.165) is 23.1 Å². The van der Waals surface area contributed by atoms with E-state index in [1.54, 1.807) is 18.7 Å². The van der Waals surface area contributed by atoms with Crippen LogP contribution in [0, 0.1) is 18.8 Å². The summed E-state index contributed by atoms with van der Waals surface area (Å²) in [4.78, 5) is 30.5. The third-order valence-electron chi connectivity index (χ3n) is 5.40. The van der Waals surface area contributed by atoms with Crippen molar-refractivity contribution in [3.05, 3.63) is 22.5 Å². The van der Waals surface area contributed by atoms with E-state index in [-0.39, 0.29) is 58.4 Å². The summed E-state index contributed by atoms with van der Waals surface area (Å²) in [6.07, 6.45) is 1.05. The molecule has 1 fully saturated rings. The van der Waals surface area contributed by atoms with Crippen LogP contribution < -0.4 is 34.7 Å². The van der Waals surface area contributed by atoms with Crippen LogP contribution in [0.2, 0.25) is 0 Å². The summed E-state index contributed by atoms with van der Waals surface area (Å²) in [5.74, 6) is -1.48. The molecule has 10 heteroatoms. The molecule has 3 aliphatic rings. The van der Waals surface area contributed by atoms with E-state index < -0.39 is 18.0 Å². The summed E-state index contributed by atoms with van der Waals surface area (Å²) in [6.45, 7) is 6.28. The smallest absolute Gasteiger partial charge is 0.543 e. The van der Waals surface area contributed by atoms with E-state index in [1.807, 2.05) is 20.0 Å². The molecule has 0 spiro atoms. The molecule has 1 aromatic rings. The summed E-state index contributed by atoms with van der Waals surface area (Å²) in [5, 5.41) is 22.8. The molecule has 1 saturated heterocycles. The normalized spacial score (nSPS) is 30.4. The predicted octanol–water partition coefficient (Wildman–Crippen LogP) is -2.78. The molecule has 7 nitrogen and oxygen atoms in total. The second kappa shape index (κ2) is 7.76. The number of carbonyl (C=O) groups is 2. The van der Waals surface area contributed by atoms with Gasteiger partial charge in [0.2, 0.25) is 5.91 Å². The zero-order valence-corrected chi connectivity index (χ0v) is 19.3. The van der Waals surface area contributed by atoms with Crippen molar-refractivity contribution < 1.29 is 49.4 Å². The number of thioether (sulfide) groups is 2. The quantitative estimate of drug-likeness (QED) is 0.418. The number of hydrogen-bond acceptors (Lipinski definition) is 7. The average Bonchev–Trinajstić information content (AvgIpc) is 3.05. The van der Waals surface area contributed by atoms with Crippen LogP contribution in [0.15, 0.2) is 22.0 Å². The van der Waals surface area contributed by atoms with Crippen LogP contribution in [0.1, 0.15) is 19.5 Å². The molecular formula is C17H20N3NaO4S2. The SMILES string of the molecule is Cc1cnc2n1CC(SC1=C(C(=O)[O-])N3C(=O)[C@H]([C@@H](C)O)[C@H]3[C@H]1C)CS2.[Na+]. The number of aliphatic hydroxyl groups is 1. The Labute approximate surface area is 188 Å². The molecule has 27 heavy (non-hydrogen) atoms. The van der Waals surface area contributed by atoms with E-state index >= 15 is 0 Å². The Morgan fingerprint density at radius 1 is 1.52 bits per heavy atom. The number of aliphatic carboxylic acids is 1. The van der Waals surface area contributed by atoms with Gasteiger partial charge in [0.15, 0.2) is 5.16 Å². The number of imidazole rings is 1. The first-order chi connectivity index (χ1) is 12.3. The Hall–Kier alpha value is -0.450. The van der Waals surface area contributed by atoms with Gasteiger partial charge in [0, 0.05) is 40.3 Å². The zero-order chi connectivity index (χ0) is 18.7. The van der Waals surface area contributed by atoms with Gasteiger partial charge >= 0.3 is 29.6 Å². The third-order valence-corrected chi connectivity index (χ3v) is 8.23. The maximum Gasteiger partial charge on any atom is 1.00 e. The van der Waals surface area contributed by atoms with Gasteiger partial charge in [-0.3, -0.25) is 4.79 Å². The van der Waals surface area contributed by atoms with Gasteiger partial charge in [0.25, 0.3) is 0 Å². The number of nitrogens with zero attached hydrogens (tertiary/aromatic N) is 3. The van der Waals surface area contributed by atoms with Crippen LogP contribution in [-0.2, 0) is 16.1 Å². The topological polar surface area (TPSA) is 98.5 Å². The minimum atomic E-state index is -1.32. The largest absolute Gasteiger partial charge is 1.00 e. The van der Waals surface area contributed by atoms with Crippen LogP contribution in [0.25, 0.3) is 0 Å². The molecule has 4 rings (SSSR count). The molecule has 0 aliphatic carbocycles. The number of fused-ring (bicyclic) bond motifs is 2. The van der Waals surface area contributed by atoms with Crippen LogP contribution >= 0.6 is 23.5 Å². The number of β-lactam (4-membered cyclic amide) rings is 1. The Morgan fingerprint density at radius 2 is 2.22 bits per heavy atom. The molecule has 5 atom stereocenters. The van der Waals surface area contributed by atoms with E-state index in [2.05, 4.69) is 9.55 Å². The Bertz CT molecular complexity index is 825. The van der Waals surface area contributed by atoms with Crippen LogP contribution in [-0.4, -0.2) is 54.6 Å². The fourth-order valence-corrected chi connectivity index (χ4v) is 6.77. The number of aryl methyl sites for hydroxylation is 1. The molecule has 4 heterocycles. The minimum absolute atomic E-state index is 0. The molecule has 1 N–H and O–H groups in total. The van der Waals surface area contributed by atoms with Crippen molar-refractivity contribution in [1.29, 1.82) is 0 Å². The van der Waals surface area contributed by atoms with Crippen LogP contribution in [0.3, 0.4) is 0 Å². The zero-order valence-electron chi connectivity index (χ0n) is 15.7. The van der Waals surface area contributed by atoms with Gasteiger partial charge in [-0.2, -0.15) is 0 Å². The molecule has 0 saturated carbocycles. The maximum atomic E-state index is 12.4. The minimum Gasteiger partial charge on any atom is -0.543 e. The number of aliphatic hydroxyl groups excluding tert-OH is 1. The van der Waals surface area contributed by atoms with E-state index in [4.69, 9.17) is 0 Å². The Balaban J connectivity index is 0.00000210. The first kappa shape index (κ1) is 21.3. The van der Waals surface area contributed by atoms with E-state index in [0.29, 0.717) is 4.91 Å². The molecule has 1 aromatic heterocycles. The van der Waals surface area contributed by atoms with Crippen molar-refractivity contribution in [1.82, 2.24) is 14.5 Å². The molecule has 0 bridgehead atoms. The molecule has 3 aliphatic heterocycles. The van der Waals surface area contributed by atoms with Gasteiger partial charge in [-0.15, -0.1) is 11.8 Å². The number of carboxylic acid groups (broad SMARTS) is 1. The van der Waals surface area contributed by atoms with Gasteiger partial charge in [-0.1, -0.05) is 18.7 Å². The van der Waals surface area contributed by atoms with Crippen LogP contribution in [0.5, 0.6) is 0 Å². The standard InChI is InChI=1S/C17H21N3O4S2.Na/c1-7-4-18-17-19(7)5-10(6-25-17)26-14-8(2)12-11(9(3)21)15(22)20(12)13(14)16(23)24;/h4,8-12,21H,5-6H2,1-3H3,(H,23,24);/q;+1/p-1/t8-,9-,10?,11-,12-;/m1./s1. The first-order valence-electron chi connectivity index (χ1n) is 8.59. The third kappa shape index (κ3) is 3.30. The van der Waals surface area contributed by atoms with Crippen molar-refractivity contribution in [2.75, 3.05) is 5.75 Å². The molecule has 1 amide bonds. The number of hydrogen-bond donors (Lipinski definition) is 1. The van der Waals surface area contributed by atoms with Gasteiger partial charge in [0.1, 0.15) is 0 Å². The molecule has 0 aromatic carbocycles. The summed E-state index contributed by atoms with van der Waals surface area (Å²) in [7, 11) is 0. The molecule has 140 valence electrons. The predicted molar refractivity (Wildman–Crippen MR) is 96.1 cm³/mol. The van der Waals surface area contributed by atoms with Gasteiger partial charge in [0.05, 0.1) is 29.7 Å². The number of aromatic nitrogens is 2. The fourth-order valence-electron chi connectivity index (χ4n) is 4.12. The summed E-state index contributed by atoms with van der Waals surface area (Å²) < 4.78 is 2.14. The molecule has 1 unspecified atom stereocenters. The van der Waals surface area contributed by atoms with Crippen LogP contribution in [0.4, 0.5) is 0 Å². The van der Waals surface area contributed by atoms with Gasteiger partial charge < -0.3 is 24.5 Å². The van der Waals surface area contributed by atoms with Crippen molar-refractivity contribution in [2.45, 2.75) is 49.9 Å². The number of carboxylic acids is 1. The van der Waals surface area contributed by atoms with Gasteiger partial charge in [-0.05, 0) is 13.8 Å². The first-order valence-corrected chi connectivity index (χ1v) is 10.5. The van der Waals surface area contributed by atoms with Gasteiger partial charge in [-0.25, -0.2) is 4.98 Å². The Morgan fingerprint density at radius 3 is 2.85 bits per heavy atom. The summed E-state index contributed by atoms with van der Waals surface area (Å²) in [6, 6.07) is -0.292. The van der Waals surface area contributed by atoms with Crippen molar-refractivity contribution >= 4 is 35.4 Å². The summed E-state index contributed by atoms with van der Waals surface area (Å²) in [5.41, 5.74) is 1.08. The maximum absolute atomic E-state index is 12.4. The van der Waals surface area contributed by atoms with Crippen molar-refractivity contribution in [3.8, 4) is 0 Å². The van der Waals surface area contributed by atoms with E-state index in [9.17, 15) is 19.8 Å². The Kier molecular flexibility index (Phi) is 6.11. The molecule has 0 radical (unpaired) electrons. The van der Waals surface area contributed by atoms with E-state index in [1.165, 1.54) is 16.7 Å². The molecular weight excluding hydrogens is 397 g/mol. The average molecular weight is 417 g/mol. The fraction of sp³-hybridized carbons (Fsp3) is 0.588. The van der Waals surface area contributed by atoms with Crippen molar-refractivity contribution in [3.63, 3.8) is 0 Å². The second-order valence-electron chi connectivity index (χ2n) is 7.10. The summed E-state index contributed by atoms with van der Waals surface area (Å²) >= 11 is 3.19. The number of amides is 1.